The highest BCUT2D eigenvalue weighted by molar-refractivity contribution is 7.89. The van der Waals surface area contributed by atoms with E-state index in [0.717, 1.165) is 22.5 Å². The monoisotopic (exact) mass is 314 g/mol. The van der Waals surface area contributed by atoms with Crippen molar-refractivity contribution in [1.82, 2.24) is 9.62 Å². The van der Waals surface area contributed by atoms with E-state index in [0.29, 0.717) is 0 Å². The van der Waals surface area contributed by atoms with E-state index in [1.54, 1.807) is 0 Å². The number of nitrogens with zero attached hydrogens (tertiary/aromatic N) is 2. The van der Waals surface area contributed by atoms with E-state index in [1.165, 1.54) is 0 Å². The number of carbonyl (C=O) groups excluding carboxylic acids is 1. The molecule has 21 heavy (non-hydrogen) atoms. The third-order valence-electron chi connectivity index (χ3n) is 3.09. The number of hydrogen-bond acceptors (Lipinski definition) is 6. The number of nitro groups is 1. The highest BCUT2D eigenvalue weighted by atomic mass is 32.2. The number of hydrogen-bond donors (Lipinski definition) is 2. The van der Waals surface area contributed by atoms with Crippen LogP contribution in [0.5, 0.6) is 0 Å². The Morgan fingerprint density at radius 3 is 2.67 bits per heavy atom. The predicted molar refractivity (Wildman–Crippen MR) is 73.9 cm³/mol. The van der Waals surface area contributed by atoms with Crippen molar-refractivity contribution < 1.29 is 18.1 Å². The molecule has 1 fully saturated rings. The molecule has 2 rings (SSSR count). The zero-order chi connectivity index (χ0) is 15.6. The van der Waals surface area contributed by atoms with E-state index < -0.39 is 14.9 Å². The van der Waals surface area contributed by atoms with E-state index in [1.807, 2.05) is 0 Å². The summed E-state index contributed by atoms with van der Waals surface area (Å²) in [7, 11) is -3.89. The Kier molecular flexibility index (Phi) is 4.09. The second-order valence-corrected chi connectivity index (χ2v) is 6.39. The first-order chi connectivity index (χ1) is 9.82. The first-order valence-electron chi connectivity index (χ1n) is 6.13. The molecule has 0 aliphatic carbocycles. The molecule has 114 valence electrons. The Balaban J connectivity index is 2.35. The molecule has 0 radical (unpaired) electrons. The van der Waals surface area contributed by atoms with Crippen molar-refractivity contribution in [3.8, 4) is 0 Å². The summed E-state index contributed by atoms with van der Waals surface area (Å²) >= 11 is 0. The van der Waals surface area contributed by atoms with Crippen LogP contribution in [0.3, 0.4) is 0 Å². The maximum absolute atomic E-state index is 12.5. The minimum Gasteiger partial charge on any atom is -0.397 e. The average Bonchev–Trinajstić information content (AvgIpc) is 2.63. The van der Waals surface area contributed by atoms with Crippen LogP contribution in [0.1, 0.15) is 6.42 Å². The molecule has 1 aliphatic heterocycles. The molecule has 0 aromatic heterocycles. The minimum absolute atomic E-state index is 0.0462. The molecular formula is C11H14N4O5S. The maximum atomic E-state index is 12.5. The molecule has 9 nitrogen and oxygen atoms in total. The van der Waals surface area contributed by atoms with Crippen LogP contribution in [-0.4, -0.2) is 43.2 Å². The summed E-state index contributed by atoms with van der Waals surface area (Å²) < 4.78 is 26.1. The van der Waals surface area contributed by atoms with Gasteiger partial charge in [0.25, 0.3) is 5.69 Å². The first kappa shape index (κ1) is 15.2. The van der Waals surface area contributed by atoms with E-state index in [4.69, 9.17) is 5.73 Å². The van der Waals surface area contributed by atoms with Crippen molar-refractivity contribution >= 4 is 27.3 Å². The second-order valence-electron chi connectivity index (χ2n) is 4.48. The van der Waals surface area contributed by atoms with E-state index >= 15 is 0 Å². The molecule has 1 heterocycles. The first-order valence-corrected chi connectivity index (χ1v) is 7.57. The number of nitrogens with one attached hydrogen (secondary N) is 1. The quantitative estimate of drug-likeness (QED) is 0.446. The molecule has 0 atom stereocenters. The molecule has 0 bridgehead atoms. The Morgan fingerprint density at radius 1 is 1.33 bits per heavy atom. The molecule has 1 amide bonds. The Bertz CT molecular complexity index is 688. The normalized spacial score (nSPS) is 17.0. The number of carbonyl (C=O) groups is 1. The molecule has 1 aromatic carbocycles. The van der Waals surface area contributed by atoms with Gasteiger partial charge in [0.05, 0.1) is 10.6 Å². The zero-order valence-electron chi connectivity index (χ0n) is 11.0. The fraction of sp³-hybridized carbons (Fsp3) is 0.364. The van der Waals surface area contributed by atoms with Gasteiger partial charge in [-0.05, 0) is 6.07 Å². The van der Waals surface area contributed by atoms with Gasteiger partial charge in [-0.3, -0.25) is 14.9 Å². The van der Waals surface area contributed by atoms with Gasteiger partial charge in [-0.25, -0.2) is 8.42 Å². The van der Waals surface area contributed by atoms with Crippen LogP contribution >= 0.6 is 0 Å². The van der Waals surface area contributed by atoms with E-state index in [9.17, 15) is 23.3 Å². The van der Waals surface area contributed by atoms with Crippen LogP contribution in [0.25, 0.3) is 0 Å². The van der Waals surface area contributed by atoms with Gasteiger partial charge in [-0.2, -0.15) is 4.31 Å². The Morgan fingerprint density at radius 2 is 2.05 bits per heavy atom. The SMILES string of the molecule is Nc1cc([N+](=O)[O-])ccc1S(=O)(=O)N1CCNC(=O)CC1. The number of rotatable bonds is 3. The van der Waals surface area contributed by atoms with Crippen molar-refractivity contribution in [3.05, 3.63) is 28.3 Å². The number of non-ortho nitro benzene ring substituents is 1. The van der Waals surface area contributed by atoms with Crippen molar-refractivity contribution in [3.63, 3.8) is 0 Å². The van der Waals surface area contributed by atoms with Gasteiger partial charge in [0.2, 0.25) is 15.9 Å². The van der Waals surface area contributed by atoms with Crippen molar-refractivity contribution in [2.75, 3.05) is 25.4 Å². The molecule has 3 N–H and O–H groups in total. The number of benzene rings is 1. The number of nitro benzene ring substituents is 1. The van der Waals surface area contributed by atoms with E-state index in [2.05, 4.69) is 5.32 Å². The summed E-state index contributed by atoms with van der Waals surface area (Å²) in [6.45, 7) is 0.389. The molecule has 0 spiro atoms. The predicted octanol–water partition coefficient (Wildman–Crippen LogP) is -0.312. The van der Waals surface area contributed by atoms with Crippen LogP contribution in [0.15, 0.2) is 23.1 Å². The van der Waals surface area contributed by atoms with Gasteiger partial charge in [-0.15, -0.1) is 0 Å². The summed E-state index contributed by atoms with van der Waals surface area (Å²) in [4.78, 5) is 21.0. The highest BCUT2D eigenvalue weighted by Gasteiger charge is 2.29. The van der Waals surface area contributed by atoms with Crippen LogP contribution in [0.4, 0.5) is 11.4 Å². The van der Waals surface area contributed by atoms with Gasteiger partial charge in [0.15, 0.2) is 0 Å². The van der Waals surface area contributed by atoms with Crippen molar-refractivity contribution in [1.29, 1.82) is 0 Å². The standard InChI is InChI=1S/C11H14N4O5S/c12-9-7-8(15(17)18)1-2-10(9)21(19,20)14-5-3-11(16)13-4-6-14/h1-2,7H,3-6,12H2,(H,13,16). The average molecular weight is 314 g/mol. The minimum atomic E-state index is -3.89. The lowest BCUT2D eigenvalue weighted by molar-refractivity contribution is -0.384. The molecule has 1 aromatic rings. The summed E-state index contributed by atoms with van der Waals surface area (Å²) in [5.74, 6) is -0.218. The number of anilines is 1. The fourth-order valence-corrected chi connectivity index (χ4v) is 3.55. The molecular weight excluding hydrogens is 300 g/mol. The summed E-state index contributed by atoms with van der Waals surface area (Å²) in [5.41, 5.74) is 5.16. The lowest BCUT2D eigenvalue weighted by Crippen LogP contribution is -2.34. The van der Waals surface area contributed by atoms with Crippen molar-refractivity contribution in [2.45, 2.75) is 11.3 Å². The zero-order valence-corrected chi connectivity index (χ0v) is 11.8. The number of amides is 1. The van der Waals surface area contributed by atoms with Crippen LogP contribution < -0.4 is 11.1 Å². The Labute approximate surface area is 120 Å². The van der Waals surface area contributed by atoms with Crippen molar-refractivity contribution in [2.24, 2.45) is 0 Å². The lowest BCUT2D eigenvalue weighted by atomic mass is 10.3. The third-order valence-corrected chi connectivity index (χ3v) is 5.07. The summed E-state index contributed by atoms with van der Waals surface area (Å²) in [6.07, 6.45) is 0.0616. The maximum Gasteiger partial charge on any atom is 0.271 e. The molecule has 0 unspecified atom stereocenters. The molecule has 1 aliphatic rings. The van der Waals surface area contributed by atoms with Crippen LogP contribution in [0.2, 0.25) is 0 Å². The van der Waals surface area contributed by atoms with Gasteiger partial charge in [0.1, 0.15) is 4.90 Å². The van der Waals surface area contributed by atoms with Gasteiger partial charge < -0.3 is 11.1 Å². The summed E-state index contributed by atoms with van der Waals surface area (Å²) in [6, 6.07) is 3.21. The molecule has 10 heteroatoms. The fourth-order valence-electron chi connectivity index (χ4n) is 2.01. The molecule has 1 saturated heterocycles. The highest BCUT2D eigenvalue weighted by Crippen LogP contribution is 2.26. The third kappa shape index (κ3) is 3.11. The number of nitrogen functional groups attached to an aromatic ring is 1. The number of nitrogens with two attached hydrogens (primary N) is 1. The Hall–Kier alpha value is -2.20. The summed E-state index contributed by atoms with van der Waals surface area (Å²) in [5, 5.41) is 13.2. The smallest absolute Gasteiger partial charge is 0.271 e. The van der Waals surface area contributed by atoms with Gasteiger partial charge in [-0.1, -0.05) is 0 Å². The van der Waals surface area contributed by atoms with Gasteiger partial charge in [0, 0.05) is 38.2 Å². The topological polar surface area (TPSA) is 136 Å². The second kappa shape index (κ2) is 5.66. The lowest BCUT2D eigenvalue weighted by Gasteiger charge is -2.20. The van der Waals surface area contributed by atoms with E-state index in [-0.39, 0.29) is 48.2 Å². The van der Waals surface area contributed by atoms with Crippen LogP contribution in [-0.2, 0) is 14.8 Å². The molecule has 0 saturated carbocycles. The largest absolute Gasteiger partial charge is 0.397 e. The van der Waals surface area contributed by atoms with Crippen LogP contribution in [0, 0.1) is 10.1 Å². The van der Waals surface area contributed by atoms with Gasteiger partial charge >= 0.3 is 0 Å². The number of sulfonamides is 1.